The number of thioether (sulfide) groups is 1. The molecule has 0 atom stereocenters. The van der Waals surface area contributed by atoms with Gasteiger partial charge in [0.1, 0.15) is 5.75 Å². The van der Waals surface area contributed by atoms with Gasteiger partial charge in [0, 0.05) is 21.6 Å². The number of amides is 2. The molecular weight excluding hydrogens is 531 g/mol. The van der Waals surface area contributed by atoms with E-state index in [1.165, 1.54) is 23.1 Å². The minimum atomic E-state index is -0.336. The van der Waals surface area contributed by atoms with E-state index in [9.17, 15) is 9.59 Å². The largest absolute Gasteiger partial charge is 0.484 e. The summed E-state index contributed by atoms with van der Waals surface area (Å²) in [5.74, 6) is 0.535. The van der Waals surface area contributed by atoms with E-state index in [0.29, 0.717) is 37.6 Å². The summed E-state index contributed by atoms with van der Waals surface area (Å²) in [5.41, 5.74) is 0.701. The predicted octanol–water partition coefficient (Wildman–Crippen LogP) is 4.46. The minimum Gasteiger partial charge on any atom is -0.484 e. The molecule has 4 rings (SSSR count). The third-order valence-corrected chi connectivity index (χ3v) is 6.51. The van der Waals surface area contributed by atoms with Crippen LogP contribution in [0.15, 0.2) is 65.3 Å². The lowest BCUT2D eigenvalue weighted by atomic mass is 10.3. The maximum absolute atomic E-state index is 12.3. The third-order valence-electron chi connectivity index (χ3n) is 4.41. The molecule has 0 saturated carbocycles. The van der Waals surface area contributed by atoms with Crippen LogP contribution in [0, 0.1) is 0 Å². The zero-order valence-corrected chi connectivity index (χ0v) is 21.1. The van der Waals surface area contributed by atoms with Gasteiger partial charge in [0.15, 0.2) is 22.7 Å². The minimum absolute atomic E-state index is 0.0915. The van der Waals surface area contributed by atoms with Crippen LogP contribution in [0.2, 0.25) is 10.0 Å². The first-order valence-corrected chi connectivity index (χ1v) is 12.8. The van der Waals surface area contributed by atoms with E-state index in [-0.39, 0.29) is 30.7 Å². The number of carbonyl (C=O) groups excluding carboxylic acids is 2. The number of nitrogens with one attached hydrogen (secondary N) is 2. The number of halogens is 2. The van der Waals surface area contributed by atoms with Crippen LogP contribution < -0.4 is 15.4 Å². The third kappa shape index (κ3) is 7.18. The number of hydrogen-bond donors (Lipinski definition) is 2. The van der Waals surface area contributed by atoms with Gasteiger partial charge in [-0.2, -0.15) is 0 Å². The van der Waals surface area contributed by atoms with Gasteiger partial charge in [0.25, 0.3) is 5.91 Å². The number of aromatic nitrogens is 4. The number of benzene rings is 2. The van der Waals surface area contributed by atoms with E-state index in [0.717, 1.165) is 0 Å². The summed E-state index contributed by atoms with van der Waals surface area (Å²) in [6.45, 7) is -0.0837. The Morgan fingerprint density at radius 2 is 1.89 bits per heavy atom. The summed E-state index contributed by atoms with van der Waals surface area (Å²) in [7, 11) is 0. The summed E-state index contributed by atoms with van der Waals surface area (Å²) in [4.78, 5) is 28.7. The predicted molar refractivity (Wildman–Crippen MR) is 137 cm³/mol. The fraction of sp³-hybridized carbons (Fsp3) is 0.136. The molecule has 2 amide bonds. The molecule has 0 saturated heterocycles. The Hall–Kier alpha value is -3.12. The number of rotatable bonds is 10. The molecule has 0 unspecified atom stereocenters. The van der Waals surface area contributed by atoms with E-state index in [1.807, 2.05) is 6.07 Å². The average molecular weight is 549 g/mol. The summed E-state index contributed by atoms with van der Waals surface area (Å²) in [5, 5.41) is 17.8. The van der Waals surface area contributed by atoms with Crippen molar-refractivity contribution in [3.05, 3.63) is 76.0 Å². The Morgan fingerprint density at radius 1 is 1.06 bits per heavy atom. The molecule has 0 aliphatic carbocycles. The number of hydrogen-bond acceptors (Lipinski definition) is 8. The van der Waals surface area contributed by atoms with E-state index in [4.69, 9.17) is 27.9 Å². The SMILES string of the molecule is O=C(COc1ccc(Cl)cc1)NCc1nnc(SCC(=O)Nc2nccs2)n1-c1cccc(Cl)c1. The molecular formula is C22H18Cl2N6O3S2. The highest BCUT2D eigenvalue weighted by Crippen LogP contribution is 2.24. The van der Waals surface area contributed by atoms with Crippen LogP contribution in [0.25, 0.3) is 5.69 Å². The summed E-state index contributed by atoms with van der Waals surface area (Å²) in [6, 6.07) is 13.8. The maximum atomic E-state index is 12.3. The number of thiazole rings is 1. The second-order valence-corrected chi connectivity index (χ2v) is 9.62. The highest BCUT2D eigenvalue weighted by Gasteiger charge is 2.17. The van der Waals surface area contributed by atoms with Gasteiger partial charge >= 0.3 is 0 Å². The van der Waals surface area contributed by atoms with Crippen molar-refractivity contribution in [1.29, 1.82) is 0 Å². The zero-order chi connectivity index (χ0) is 24.6. The van der Waals surface area contributed by atoms with E-state index in [1.54, 1.807) is 58.6 Å². The first-order chi connectivity index (χ1) is 17.0. The Labute approximate surface area is 218 Å². The summed E-state index contributed by atoms with van der Waals surface area (Å²) in [6.07, 6.45) is 1.62. The normalized spacial score (nSPS) is 10.7. The Balaban J connectivity index is 1.42. The molecule has 2 aromatic heterocycles. The molecule has 180 valence electrons. The standard InChI is InChI=1S/C22H18Cl2N6O3S2/c23-14-4-6-17(7-5-14)33-12-19(31)26-11-18-28-29-22(30(18)16-3-1-2-15(24)10-16)35-13-20(32)27-21-25-8-9-34-21/h1-10H,11-13H2,(H,26,31)(H,25,27,32). The van der Waals surface area contributed by atoms with Crippen LogP contribution in [0.3, 0.4) is 0 Å². The smallest absolute Gasteiger partial charge is 0.258 e. The Morgan fingerprint density at radius 3 is 2.63 bits per heavy atom. The van der Waals surface area contributed by atoms with Crippen molar-refractivity contribution in [2.45, 2.75) is 11.7 Å². The van der Waals surface area contributed by atoms with Gasteiger partial charge in [0.05, 0.1) is 18.0 Å². The van der Waals surface area contributed by atoms with Crippen LogP contribution in [-0.4, -0.2) is 43.9 Å². The van der Waals surface area contributed by atoms with Gasteiger partial charge in [-0.25, -0.2) is 4.98 Å². The lowest BCUT2D eigenvalue weighted by Gasteiger charge is -2.12. The van der Waals surface area contributed by atoms with Crippen molar-refractivity contribution < 1.29 is 14.3 Å². The number of ether oxygens (including phenoxy) is 1. The first-order valence-electron chi connectivity index (χ1n) is 10.2. The molecule has 9 nitrogen and oxygen atoms in total. The number of nitrogens with zero attached hydrogens (tertiary/aromatic N) is 4. The van der Waals surface area contributed by atoms with Crippen LogP contribution in [0.5, 0.6) is 5.75 Å². The van der Waals surface area contributed by atoms with Gasteiger partial charge in [0.2, 0.25) is 5.91 Å². The molecule has 0 fully saturated rings. The summed E-state index contributed by atoms with van der Waals surface area (Å²) >= 11 is 14.6. The molecule has 4 aromatic rings. The fourth-order valence-corrected chi connectivity index (χ4v) is 4.49. The van der Waals surface area contributed by atoms with E-state index >= 15 is 0 Å². The molecule has 0 spiro atoms. The van der Waals surface area contributed by atoms with Crippen molar-refractivity contribution in [2.24, 2.45) is 0 Å². The molecule has 0 aliphatic rings. The fourth-order valence-electron chi connectivity index (χ4n) is 2.86. The van der Waals surface area contributed by atoms with Crippen LogP contribution >= 0.6 is 46.3 Å². The van der Waals surface area contributed by atoms with Gasteiger partial charge in [-0.15, -0.1) is 21.5 Å². The molecule has 0 aliphatic heterocycles. The highest BCUT2D eigenvalue weighted by molar-refractivity contribution is 7.99. The van der Waals surface area contributed by atoms with E-state index < -0.39 is 0 Å². The molecule has 35 heavy (non-hydrogen) atoms. The second kappa shape index (κ2) is 12.0. The highest BCUT2D eigenvalue weighted by atomic mass is 35.5. The first kappa shape index (κ1) is 25.0. The van der Waals surface area contributed by atoms with Crippen molar-refractivity contribution >= 4 is 63.2 Å². The van der Waals surface area contributed by atoms with Gasteiger partial charge in [-0.05, 0) is 42.5 Å². The number of carbonyl (C=O) groups is 2. The number of anilines is 1. The van der Waals surface area contributed by atoms with Gasteiger partial charge in [-0.1, -0.05) is 41.0 Å². The molecule has 2 aromatic carbocycles. The van der Waals surface area contributed by atoms with Crippen molar-refractivity contribution in [3.63, 3.8) is 0 Å². The molecule has 2 N–H and O–H groups in total. The lowest BCUT2D eigenvalue weighted by molar-refractivity contribution is -0.123. The molecule has 0 bridgehead atoms. The monoisotopic (exact) mass is 548 g/mol. The van der Waals surface area contributed by atoms with Crippen LogP contribution in [-0.2, 0) is 16.1 Å². The topological polar surface area (TPSA) is 111 Å². The average Bonchev–Trinajstić information content (AvgIpc) is 3.51. The molecule has 13 heteroatoms. The Kier molecular flexibility index (Phi) is 8.59. The maximum Gasteiger partial charge on any atom is 0.258 e. The van der Waals surface area contributed by atoms with Crippen molar-refractivity contribution in [1.82, 2.24) is 25.1 Å². The zero-order valence-electron chi connectivity index (χ0n) is 18.0. The molecule has 0 radical (unpaired) electrons. The van der Waals surface area contributed by atoms with Gasteiger partial charge in [-0.3, -0.25) is 14.2 Å². The van der Waals surface area contributed by atoms with Crippen molar-refractivity contribution in [3.8, 4) is 11.4 Å². The van der Waals surface area contributed by atoms with Crippen LogP contribution in [0.4, 0.5) is 5.13 Å². The van der Waals surface area contributed by atoms with E-state index in [2.05, 4.69) is 25.8 Å². The van der Waals surface area contributed by atoms with Crippen LogP contribution in [0.1, 0.15) is 5.82 Å². The lowest BCUT2D eigenvalue weighted by Crippen LogP contribution is -2.29. The van der Waals surface area contributed by atoms with Crippen molar-refractivity contribution in [2.75, 3.05) is 17.7 Å². The second-order valence-electron chi connectivity index (χ2n) is 6.91. The Bertz CT molecular complexity index is 1300. The van der Waals surface area contributed by atoms with Gasteiger partial charge < -0.3 is 15.4 Å². The summed E-state index contributed by atoms with van der Waals surface area (Å²) < 4.78 is 7.21. The quantitative estimate of drug-likeness (QED) is 0.281. The molecule has 2 heterocycles.